The minimum atomic E-state index is 0. The molecule has 53 valence electrons. The third-order valence-corrected chi connectivity index (χ3v) is 1.93. The van der Waals surface area contributed by atoms with Crippen molar-refractivity contribution in [2.45, 2.75) is 0 Å². The van der Waals surface area contributed by atoms with Crippen molar-refractivity contribution in [2.75, 3.05) is 0 Å². The smallest absolute Gasteiger partial charge is 0 e. The van der Waals surface area contributed by atoms with E-state index in [0.29, 0.717) is 0 Å². The van der Waals surface area contributed by atoms with Crippen molar-refractivity contribution in [1.82, 2.24) is 4.98 Å². The fourth-order valence-electron chi connectivity index (χ4n) is 0.757. The van der Waals surface area contributed by atoms with E-state index in [4.69, 9.17) is 0 Å². The Morgan fingerprint density at radius 1 is 1.30 bits per heavy atom. The van der Waals surface area contributed by atoms with E-state index in [1.54, 1.807) is 11.3 Å². The van der Waals surface area contributed by atoms with Gasteiger partial charge in [-0.1, -0.05) is 17.6 Å². The molecule has 0 saturated carbocycles. The van der Waals surface area contributed by atoms with Crippen molar-refractivity contribution in [2.24, 2.45) is 0 Å². The Balaban J connectivity index is 0.000000500. The second-order valence-corrected chi connectivity index (χ2v) is 2.60. The molecule has 0 aliphatic rings. The third-order valence-electron chi connectivity index (χ3n) is 1.19. The van der Waals surface area contributed by atoms with Crippen LogP contribution < -0.4 is 0 Å². The Kier molecular flexibility index (Phi) is 2.55. The quantitative estimate of drug-likeness (QED) is 0.676. The molecule has 0 atom stereocenters. The summed E-state index contributed by atoms with van der Waals surface area (Å²) in [7, 11) is 0. The average molecular weight is 326 g/mol. The van der Waals surface area contributed by atoms with Gasteiger partial charge in [0.15, 0.2) is 0 Å². The van der Waals surface area contributed by atoms with Crippen LogP contribution in [0.4, 0.5) is 0 Å². The van der Waals surface area contributed by atoms with Gasteiger partial charge < -0.3 is 4.98 Å². The molecule has 0 amide bonds. The van der Waals surface area contributed by atoms with E-state index in [9.17, 15) is 0 Å². The predicted octanol–water partition coefficient (Wildman–Crippen LogP) is 2.09. The molecular weight excluding hydrogens is 322 g/mol. The fourth-order valence-corrected chi connectivity index (χ4v) is 1.36. The molecule has 1 aromatic carbocycles. The number of rotatable bonds is 0. The van der Waals surface area contributed by atoms with Crippen molar-refractivity contribution in [3.8, 4) is 0 Å². The monoisotopic (exact) mass is 327 g/mol. The summed E-state index contributed by atoms with van der Waals surface area (Å²) in [6.07, 6.45) is 0. The second-order valence-electron chi connectivity index (χ2n) is 1.77. The van der Waals surface area contributed by atoms with Gasteiger partial charge in [0.25, 0.3) is 0 Å². The molecule has 1 aromatic heterocycles. The van der Waals surface area contributed by atoms with E-state index in [1.165, 1.54) is 4.70 Å². The number of para-hydroxylation sites is 1. The summed E-state index contributed by atoms with van der Waals surface area (Å²) >= 11 is 1.55. The van der Waals surface area contributed by atoms with E-state index >= 15 is 0 Å². The van der Waals surface area contributed by atoms with Gasteiger partial charge in [0.1, 0.15) is 0 Å². The number of thiazole rings is 1. The molecule has 0 aliphatic carbocycles. The van der Waals surface area contributed by atoms with Gasteiger partial charge in [-0.3, -0.25) is 11.3 Å². The number of aromatic nitrogens is 1. The Morgan fingerprint density at radius 3 is 2.90 bits per heavy atom. The molecular formula is C7H4IrNS-. The normalized spacial score (nSPS) is 9.20. The van der Waals surface area contributed by atoms with E-state index in [-0.39, 0.29) is 20.1 Å². The second kappa shape index (κ2) is 3.24. The van der Waals surface area contributed by atoms with Crippen LogP contribution in [0.3, 0.4) is 0 Å². The van der Waals surface area contributed by atoms with E-state index in [2.05, 4.69) is 10.5 Å². The maximum absolute atomic E-state index is 4.01. The Hall–Kier alpha value is -0.241. The number of nitrogens with zero attached hydrogens (tertiary/aromatic N) is 1. The molecule has 1 heterocycles. The molecule has 2 rings (SSSR count). The molecule has 2 aromatic rings. The van der Waals surface area contributed by atoms with Gasteiger partial charge in [-0.05, 0) is 5.51 Å². The zero-order valence-corrected chi connectivity index (χ0v) is 8.21. The first-order valence-electron chi connectivity index (χ1n) is 2.68. The van der Waals surface area contributed by atoms with Gasteiger partial charge in [-0.25, -0.2) is 0 Å². The largest absolute Gasteiger partial charge is 0.386 e. The van der Waals surface area contributed by atoms with Gasteiger partial charge >= 0.3 is 0 Å². The molecule has 0 unspecified atom stereocenters. The van der Waals surface area contributed by atoms with Crippen molar-refractivity contribution in [3.05, 3.63) is 29.8 Å². The summed E-state index contributed by atoms with van der Waals surface area (Å²) in [6.45, 7) is 0. The Labute approximate surface area is 76.5 Å². The minimum absolute atomic E-state index is 0. The van der Waals surface area contributed by atoms with E-state index < -0.39 is 0 Å². The summed E-state index contributed by atoms with van der Waals surface area (Å²) in [5, 5.41) is 0. The third kappa shape index (κ3) is 1.26. The zero-order chi connectivity index (χ0) is 6.10. The predicted molar refractivity (Wildman–Crippen MR) is 38.5 cm³/mol. The Bertz CT molecular complexity index is 288. The summed E-state index contributed by atoms with van der Waals surface area (Å²) < 4.78 is 1.21. The van der Waals surface area contributed by atoms with Crippen molar-refractivity contribution in [3.63, 3.8) is 0 Å². The summed E-state index contributed by atoms with van der Waals surface area (Å²) in [6, 6.07) is 8.02. The van der Waals surface area contributed by atoms with Crippen LogP contribution in [-0.4, -0.2) is 4.98 Å². The molecule has 3 heteroatoms. The van der Waals surface area contributed by atoms with E-state index in [0.717, 1.165) is 5.52 Å². The van der Waals surface area contributed by atoms with Crippen LogP contribution in [0.25, 0.3) is 10.2 Å². The summed E-state index contributed by atoms with van der Waals surface area (Å²) in [5.41, 5.74) is 3.87. The summed E-state index contributed by atoms with van der Waals surface area (Å²) in [5.74, 6) is 0. The van der Waals surface area contributed by atoms with Crippen LogP contribution >= 0.6 is 11.3 Å². The Morgan fingerprint density at radius 2 is 2.10 bits per heavy atom. The molecule has 1 radical (unpaired) electrons. The van der Waals surface area contributed by atoms with Crippen molar-refractivity contribution in [1.29, 1.82) is 0 Å². The van der Waals surface area contributed by atoms with Gasteiger partial charge in [0.2, 0.25) is 0 Å². The number of hydrogen-bond acceptors (Lipinski definition) is 2. The SMILES string of the molecule is [Ir].[c-]1nc2ccccc2s1. The van der Waals surface area contributed by atoms with Crippen LogP contribution in [0.5, 0.6) is 0 Å². The molecule has 0 bridgehead atoms. The van der Waals surface area contributed by atoms with Crippen LogP contribution in [0.2, 0.25) is 0 Å². The van der Waals surface area contributed by atoms with Crippen LogP contribution in [-0.2, 0) is 20.1 Å². The first kappa shape index (κ1) is 7.86. The van der Waals surface area contributed by atoms with Crippen LogP contribution in [0, 0.1) is 5.51 Å². The van der Waals surface area contributed by atoms with Crippen molar-refractivity contribution < 1.29 is 20.1 Å². The standard InChI is InChI=1S/C7H4NS.Ir/c1-2-4-7-6(3-1)8-5-9-7;/h1-4H;/q-1;. The van der Waals surface area contributed by atoms with Gasteiger partial charge in [0.05, 0.1) is 0 Å². The topological polar surface area (TPSA) is 12.9 Å². The maximum atomic E-state index is 4.01. The average Bonchev–Trinajstić information content (AvgIpc) is 2.33. The first-order valence-corrected chi connectivity index (χ1v) is 3.50. The molecule has 0 fully saturated rings. The molecule has 0 spiro atoms. The number of fused-ring (bicyclic) bond motifs is 1. The van der Waals surface area contributed by atoms with Crippen LogP contribution in [0.15, 0.2) is 24.3 Å². The first-order chi connectivity index (χ1) is 4.47. The summed E-state index contributed by atoms with van der Waals surface area (Å²) in [4.78, 5) is 4.01. The molecule has 0 aliphatic heterocycles. The fraction of sp³-hybridized carbons (Fsp3) is 0. The molecule has 10 heavy (non-hydrogen) atoms. The molecule has 0 saturated heterocycles. The van der Waals surface area contributed by atoms with Gasteiger partial charge in [-0.2, -0.15) is 0 Å². The van der Waals surface area contributed by atoms with E-state index in [1.807, 2.05) is 24.3 Å². The van der Waals surface area contributed by atoms with Crippen LogP contribution in [0.1, 0.15) is 0 Å². The van der Waals surface area contributed by atoms with Gasteiger partial charge in [-0.15, -0.1) is 16.8 Å². The number of benzene rings is 1. The van der Waals surface area contributed by atoms with Crippen molar-refractivity contribution >= 4 is 21.6 Å². The number of hydrogen-bond donors (Lipinski definition) is 0. The van der Waals surface area contributed by atoms with Gasteiger partial charge in [0, 0.05) is 20.1 Å². The maximum Gasteiger partial charge on any atom is 0 e. The minimum Gasteiger partial charge on any atom is -0.386 e. The zero-order valence-electron chi connectivity index (χ0n) is 5.00. The molecule has 0 N–H and O–H groups in total. The molecule has 1 nitrogen and oxygen atoms in total.